The minimum Gasteiger partial charge on any atom is -0.308 e. The Balaban J connectivity index is 1.05. The average Bonchev–Trinajstić information content (AvgIpc) is 3.90. The molecule has 0 saturated heterocycles. The molecule has 0 bridgehead atoms. The summed E-state index contributed by atoms with van der Waals surface area (Å²) >= 11 is 1.89. The van der Waals surface area contributed by atoms with Gasteiger partial charge in [0, 0.05) is 47.6 Å². The second kappa shape index (κ2) is 13.8. The Morgan fingerprint density at radius 1 is 0.306 bits per heavy atom. The zero-order chi connectivity index (χ0) is 40.7. The summed E-state index contributed by atoms with van der Waals surface area (Å²) in [6.07, 6.45) is 0. The summed E-state index contributed by atoms with van der Waals surface area (Å²) in [6, 6.07) is 73.6. The van der Waals surface area contributed by atoms with E-state index in [1.165, 1.54) is 74.4 Å². The van der Waals surface area contributed by atoms with Crippen molar-refractivity contribution in [2.24, 2.45) is 0 Å². The molecule has 0 aliphatic heterocycles. The summed E-state index contributed by atoms with van der Waals surface area (Å²) in [6.45, 7) is 0. The fourth-order valence-electron chi connectivity index (χ4n) is 9.66. The lowest BCUT2D eigenvalue weighted by Gasteiger charge is -2.15. The third kappa shape index (κ3) is 5.29. The molecule has 0 amide bonds. The molecule has 0 radical (unpaired) electrons. The first-order chi connectivity index (χ1) is 30.8. The quantitative estimate of drug-likeness (QED) is 0.163. The van der Waals surface area contributed by atoms with E-state index in [2.05, 4.69) is 193 Å². The number of benzene rings is 10. The van der Waals surface area contributed by atoms with Crippen LogP contribution in [0, 0.1) is 0 Å². The van der Waals surface area contributed by atoms with Gasteiger partial charge in [-0.2, -0.15) is 0 Å². The molecule has 0 aliphatic rings. The van der Waals surface area contributed by atoms with Crippen LogP contribution in [0.4, 0.5) is 0 Å². The zero-order valence-electron chi connectivity index (χ0n) is 33.3. The van der Waals surface area contributed by atoms with Crippen molar-refractivity contribution in [3.63, 3.8) is 0 Å². The third-order valence-electron chi connectivity index (χ3n) is 12.4. The molecule has 3 aromatic heterocycles. The van der Waals surface area contributed by atoms with E-state index in [4.69, 9.17) is 15.0 Å². The normalized spacial score (nSPS) is 11.9. The second-order valence-corrected chi connectivity index (χ2v) is 16.9. The van der Waals surface area contributed by atoms with Crippen molar-refractivity contribution >= 4 is 85.6 Å². The van der Waals surface area contributed by atoms with E-state index in [1.54, 1.807) is 0 Å². The van der Waals surface area contributed by atoms with Gasteiger partial charge in [-0.15, -0.1) is 11.3 Å². The standard InChI is InChI=1S/C57H34N4S/c1-3-16-35(17-4-1)38-26-15-27-44-45-32-33-51-52(54(45)62-53(38)44)46-24-11-13-28-49(46)61(51)50-29-14-12-25-47(50)57-59-55(36-18-5-2-6-19-36)58-56(60-57)37-30-31-43-41-22-8-7-20-39(41)40-21-9-10-23-42(40)48(43)34-37/h1-34H. The molecule has 4 nitrogen and oxygen atoms in total. The summed E-state index contributed by atoms with van der Waals surface area (Å²) in [7, 11) is 0. The number of thiophene rings is 1. The highest BCUT2D eigenvalue weighted by Crippen LogP contribution is 2.47. The summed E-state index contributed by atoms with van der Waals surface area (Å²) in [5, 5.41) is 12.3. The van der Waals surface area contributed by atoms with Gasteiger partial charge >= 0.3 is 0 Å². The van der Waals surface area contributed by atoms with Crippen LogP contribution in [0.5, 0.6) is 0 Å². The van der Waals surface area contributed by atoms with Gasteiger partial charge in [0.05, 0.1) is 16.7 Å². The number of para-hydroxylation sites is 2. The number of rotatable bonds is 5. The predicted molar refractivity (Wildman–Crippen MR) is 261 cm³/mol. The summed E-state index contributed by atoms with van der Waals surface area (Å²) in [4.78, 5) is 15.8. The van der Waals surface area contributed by atoms with Crippen LogP contribution in [-0.2, 0) is 0 Å². The van der Waals surface area contributed by atoms with Gasteiger partial charge in [0.25, 0.3) is 0 Å². The van der Waals surface area contributed by atoms with E-state index in [0.717, 1.165) is 33.4 Å². The van der Waals surface area contributed by atoms with Crippen molar-refractivity contribution in [2.75, 3.05) is 0 Å². The largest absolute Gasteiger partial charge is 0.308 e. The van der Waals surface area contributed by atoms with Crippen molar-refractivity contribution in [3.05, 3.63) is 206 Å². The lowest BCUT2D eigenvalue weighted by molar-refractivity contribution is 1.06. The molecule has 0 aliphatic carbocycles. The summed E-state index contributed by atoms with van der Waals surface area (Å²) in [5.74, 6) is 1.88. The van der Waals surface area contributed by atoms with E-state index in [9.17, 15) is 0 Å². The lowest BCUT2D eigenvalue weighted by atomic mass is 9.93. The Labute approximate surface area is 360 Å². The van der Waals surface area contributed by atoms with Crippen LogP contribution in [-0.4, -0.2) is 19.5 Å². The highest BCUT2D eigenvalue weighted by Gasteiger charge is 2.22. The smallest absolute Gasteiger partial charge is 0.166 e. The van der Waals surface area contributed by atoms with E-state index in [1.807, 2.05) is 29.5 Å². The molecule has 62 heavy (non-hydrogen) atoms. The van der Waals surface area contributed by atoms with Crippen LogP contribution >= 0.6 is 11.3 Å². The Morgan fingerprint density at radius 2 is 0.823 bits per heavy atom. The maximum Gasteiger partial charge on any atom is 0.166 e. The molecule has 288 valence electrons. The molecule has 0 unspecified atom stereocenters. The van der Waals surface area contributed by atoms with Gasteiger partial charge in [0.2, 0.25) is 0 Å². The molecule has 5 heteroatoms. The predicted octanol–water partition coefficient (Wildman–Crippen LogP) is 15.5. The Morgan fingerprint density at radius 3 is 1.56 bits per heavy atom. The van der Waals surface area contributed by atoms with Crippen molar-refractivity contribution in [3.8, 4) is 51.0 Å². The van der Waals surface area contributed by atoms with Crippen LogP contribution < -0.4 is 0 Å². The number of hydrogen-bond donors (Lipinski definition) is 0. The van der Waals surface area contributed by atoms with Crippen molar-refractivity contribution in [2.45, 2.75) is 0 Å². The molecule has 0 fully saturated rings. The first-order valence-corrected chi connectivity index (χ1v) is 21.8. The van der Waals surface area contributed by atoms with Crippen molar-refractivity contribution in [1.82, 2.24) is 19.5 Å². The van der Waals surface area contributed by atoms with Crippen molar-refractivity contribution in [1.29, 1.82) is 0 Å². The summed E-state index contributed by atoms with van der Waals surface area (Å²) < 4.78 is 5.00. The highest BCUT2D eigenvalue weighted by atomic mass is 32.1. The van der Waals surface area contributed by atoms with Crippen LogP contribution in [0.25, 0.3) is 125 Å². The zero-order valence-corrected chi connectivity index (χ0v) is 34.1. The molecule has 0 N–H and O–H groups in total. The maximum atomic E-state index is 5.36. The van der Waals surface area contributed by atoms with Gasteiger partial charge in [-0.05, 0) is 73.8 Å². The maximum absolute atomic E-state index is 5.36. The second-order valence-electron chi connectivity index (χ2n) is 15.9. The SMILES string of the molecule is c1ccc(-c2nc(-c3ccc4c5ccccc5c5ccccc5c4c3)nc(-c3ccccc3-n3c4ccccc4c4c5sc6c(-c7ccccc7)cccc6c5ccc43)n2)cc1. The number of hydrogen-bond acceptors (Lipinski definition) is 4. The van der Waals surface area contributed by atoms with Gasteiger partial charge < -0.3 is 4.57 Å². The van der Waals surface area contributed by atoms with E-state index in [-0.39, 0.29) is 0 Å². The van der Waals surface area contributed by atoms with E-state index >= 15 is 0 Å². The van der Waals surface area contributed by atoms with E-state index in [0.29, 0.717) is 17.5 Å². The first kappa shape index (κ1) is 34.8. The molecule has 0 saturated carbocycles. The van der Waals surface area contributed by atoms with Gasteiger partial charge in [-0.3, -0.25) is 0 Å². The lowest BCUT2D eigenvalue weighted by Crippen LogP contribution is -2.03. The molecule has 13 aromatic rings. The van der Waals surface area contributed by atoms with Gasteiger partial charge in [-0.25, -0.2) is 15.0 Å². The molecule has 13 rings (SSSR count). The molecular formula is C57H34N4S. The van der Waals surface area contributed by atoms with Crippen LogP contribution in [0.2, 0.25) is 0 Å². The molecule has 0 spiro atoms. The van der Waals surface area contributed by atoms with Crippen LogP contribution in [0.1, 0.15) is 0 Å². The minimum absolute atomic E-state index is 0.620. The average molecular weight is 807 g/mol. The van der Waals surface area contributed by atoms with E-state index < -0.39 is 0 Å². The minimum atomic E-state index is 0.620. The molecular weight excluding hydrogens is 773 g/mol. The monoisotopic (exact) mass is 806 g/mol. The molecule has 10 aromatic carbocycles. The number of aromatic nitrogens is 4. The molecule has 3 heterocycles. The van der Waals surface area contributed by atoms with Gasteiger partial charge in [0.15, 0.2) is 17.5 Å². The van der Waals surface area contributed by atoms with Crippen LogP contribution in [0.15, 0.2) is 206 Å². The van der Waals surface area contributed by atoms with Crippen molar-refractivity contribution < 1.29 is 0 Å². The van der Waals surface area contributed by atoms with Crippen LogP contribution in [0.3, 0.4) is 0 Å². The topological polar surface area (TPSA) is 43.6 Å². The highest BCUT2D eigenvalue weighted by molar-refractivity contribution is 7.27. The molecule has 0 atom stereocenters. The number of nitrogens with zero attached hydrogens (tertiary/aromatic N) is 4. The first-order valence-electron chi connectivity index (χ1n) is 20.9. The van der Waals surface area contributed by atoms with Gasteiger partial charge in [0.1, 0.15) is 0 Å². The Bertz CT molecular complexity index is 3890. The third-order valence-corrected chi connectivity index (χ3v) is 13.7. The Kier molecular flexibility index (Phi) is 7.74. The number of fused-ring (bicyclic) bond motifs is 13. The fourth-order valence-corrected chi connectivity index (χ4v) is 11.1. The van der Waals surface area contributed by atoms with Gasteiger partial charge in [-0.1, -0.05) is 176 Å². The fraction of sp³-hybridized carbons (Fsp3) is 0. The summed E-state index contributed by atoms with van der Waals surface area (Å²) in [5.41, 5.74) is 8.58. The Hall–Kier alpha value is -7.99.